The molecule has 0 radical (unpaired) electrons. The van der Waals surface area contributed by atoms with Crippen molar-refractivity contribution in [3.8, 4) is 6.07 Å². The number of nitrogens with zero attached hydrogens (tertiary/aromatic N) is 1. The highest BCUT2D eigenvalue weighted by atomic mass is 35.5. The van der Waals surface area contributed by atoms with Crippen LogP contribution in [0.2, 0.25) is 5.02 Å². The Balaban J connectivity index is 2.05. The summed E-state index contributed by atoms with van der Waals surface area (Å²) >= 11 is 5.81. The molecule has 1 aromatic rings. The van der Waals surface area contributed by atoms with Crippen molar-refractivity contribution in [1.29, 1.82) is 5.26 Å². The number of amides is 1. The van der Waals surface area contributed by atoms with Gasteiger partial charge in [0.2, 0.25) is 0 Å². The highest BCUT2D eigenvalue weighted by molar-refractivity contribution is 6.30. The van der Waals surface area contributed by atoms with Crippen LogP contribution in [0.4, 0.5) is 0 Å². The molecule has 1 fully saturated rings. The van der Waals surface area contributed by atoms with Gasteiger partial charge in [-0.05, 0) is 36.6 Å². The highest BCUT2D eigenvalue weighted by Gasteiger charge is 2.17. The second-order valence-electron chi connectivity index (χ2n) is 5.03. The number of carbonyl (C=O) groups is 1. The number of hydrogen-bond acceptors (Lipinski definition) is 2. The Labute approximate surface area is 124 Å². The van der Waals surface area contributed by atoms with E-state index in [0.717, 1.165) is 31.2 Å². The van der Waals surface area contributed by atoms with Crippen LogP contribution in [0, 0.1) is 11.3 Å². The molecule has 0 heterocycles. The summed E-state index contributed by atoms with van der Waals surface area (Å²) in [6.45, 7) is 0. The Kier molecular flexibility index (Phi) is 5.20. The highest BCUT2D eigenvalue weighted by Crippen LogP contribution is 2.18. The molecule has 1 N–H and O–H groups in total. The van der Waals surface area contributed by atoms with E-state index in [1.54, 1.807) is 30.3 Å². The van der Waals surface area contributed by atoms with Crippen LogP contribution >= 0.6 is 11.6 Å². The Morgan fingerprint density at radius 2 is 1.90 bits per heavy atom. The van der Waals surface area contributed by atoms with E-state index in [-0.39, 0.29) is 17.5 Å². The van der Waals surface area contributed by atoms with Gasteiger partial charge in [-0.15, -0.1) is 0 Å². The molecule has 20 heavy (non-hydrogen) atoms. The average Bonchev–Trinajstić information content (AvgIpc) is 2.47. The van der Waals surface area contributed by atoms with Crippen LogP contribution < -0.4 is 5.32 Å². The molecule has 1 aliphatic rings. The second-order valence-corrected chi connectivity index (χ2v) is 5.47. The number of nitriles is 1. The van der Waals surface area contributed by atoms with Crippen molar-refractivity contribution < 1.29 is 4.79 Å². The summed E-state index contributed by atoms with van der Waals surface area (Å²) in [5.41, 5.74) is 0.933. The zero-order valence-corrected chi connectivity index (χ0v) is 12.0. The first kappa shape index (κ1) is 14.6. The van der Waals surface area contributed by atoms with Gasteiger partial charge in [0.25, 0.3) is 5.91 Å². The molecule has 1 amide bonds. The first-order valence-electron chi connectivity index (χ1n) is 6.87. The number of benzene rings is 1. The molecule has 1 aliphatic carbocycles. The van der Waals surface area contributed by atoms with Crippen LogP contribution in [0.5, 0.6) is 0 Å². The third-order valence-electron chi connectivity index (χ3n) is 3.49. The van der Waals surface area contributed by atoms with Crippen molar-refractivity contribution in [3.63, 3.8) is 0 Å². The predicted octanol–water partition coefficient (Wildman–Crippen LogP) is 3.70. The fourth-order valence-electron chi connectivity index (χ4n) is 2.38. The van der Waals surface area contributed by atoms with E-state index in [1.165, 1.54) is 6.42 Å². The van der Waals surface area contributed by atoms with Crippen LogP contribution in [-0.4, -0.2) is 11.9 Å². The predicted molar refractivity (Wildman–Crippen MR) is 80.1 cm³/mol. The summed E-state index contributed by atoms with van der Waals surface area (Å²) in [5.74, 6) is -0.283. The monoisotopic (exact) mass is 288 g/mol. The lowest BCUT2D eigenvalue weighted by atomic mass is 9.95. The van der Waals surface area contributed by atoms with Crippen molar-refractivity contribution in [1.82, 2.24) is 5.32 Å². The van der Waals surface area contributed by atoms with Crippen LogP contribution in [0.25, 0.3) is 6.08 Å². The number of carbonyl (C=O) groups excluding carboxylic acids is 1. The molecule has 0 unspecified atom stereocenters. The summed E-state index contributed by atoms with van der Waals surface area (Å²) in [5, 5.41) is 12.7. The standard InChI is InChI=1S/C16H17ClN2O/c17-14-8-6-12(7-9-14)10-13(11-18)16(20)19-15-4-2-1-3-5-15/h6-10,15H,1-5H2,(H,19,20)/b13-10-. The zero-order chi connectivity index (χ0) is 14.4. The molecule has 0 aliphatic heterocycles. The van der Waals surface area contributed by atoms with Gasteiger partial charge >= 0.3 is 0 Å². The number of rotatable bonds is 3. The molecule has 104 valence electrons. The molecule has 1 saturated carbocycles. The fraction of sp³-hybridized carbons (Fsp3) is 0.375. The minimum Gasteiger partial charge on any atom is -0.349 e. The number of nitrogens with one attached hydrogen (secondary N) is 1. The van der Waals surface area contributed by atoms with Crippen molar-refractivity contribution >= 4 is 23.6 Å². The molecular formula is C16H17ClN2O. The maximum absolute atomic E-state index is 12.1. The summed E-state index contributed by atoms with van der Waals surface area (Å²) in [4.78, 5) is 12.1. The van der Waals surface area contributed by atoms with Crippen LogP contribution in [0.1, 0.15) is 37.7 Å². The smallest absolute Gasteiger partial charge is 0.262 e. The van der Waals surface area contributed by atoms with E-state index in [9.17, 15) is 4.79 Å². The minimum atomic E-state index is -0.283. The van der Waals surface area contributed by atoms with E-state index in [0.29, 0.717) is 5.02 Å². The largest absolute Gasteiger partial charge is 0.349 e. The van der Waals surface area contributed by atoms with Gasteiger partial charge in [0, 0.05) is 11.1 Å². The van der Waals surface area contributed by atoms with Crippen LogP contribution in [-0.2, 0) is 4.79 Å². The van der Waals surface area contributed by atoms with Crippen LogP contribution in [0.15, 0.2) is 29.8 Å². The molecule has 1 aromatic carbocycles. The molecule has 3 nitrogen and oxygen atoms in total. The van der Waals surface area contributed by atoms with E-state index >= 15 is 0 Å². The normalized spacial score (nSPS) is 16.5. The fourth-order valence-corrected chi connectivity index (χ4v) is 2.51. The van der Waals surface area contributed by atoms with Gasteiger partial charge in [0.05, 0.1) is 0 Å². The Hall–Kier alpha value is -1.79. The summed E-state index contributed by atoms with van der Waals surface area (Å²) in [6, 6.07) is 9.22. The lowest BCUT2D eigenvalue weighted by Crippen LogP contribution is -2.36. The first-order valence-corrected chi connectivity index (χ1v) is 7.25. The van der Waals surface area contributed by atoms with E-state index < -0.39 is 0 Å². The summed E-state index contributed by atoms with van der Waals surface area (Å²) in [7, 11) is 0. The maximum Gasteiger partial charge on any atom is 0.262 e. The number of halogens is 1. The van der Waals surface area contributed by atoms with E-state index in [2.05, 4.69) is 5.32 Å². The summed E-state index contributed by atoms with van der Waals surface area (Å²) in [6.07, 6.45) is 7.13. The van der Waals surface area contributed by atoms with Gasteiger partial charge < -0.3 is 5.32 Å². The summed E-state index contributed by atoms with van der Waals surface area (Å²) < 4.78 is 0. The average molecular weight is 289 g/mol. The van der Waals surface area contributed by atoms with E-state index in [4.69, 9.17) is 16.9 Å². The lowest BCUT2D eigenvalue weighted by molar-refractivity contribution is -0.117. The van der Waals surface area contributed by atoms with Crippen LogP contribution in [0.3, 0.4) is 0 Å². The molecule has 0 spiro atoms. The molecule has 0 aromatic heterocycles. The lowest BCUT2D eigenvalue weighted by Gasteiger charge is -2.22. The van der Waals surface area contributed by atoms with Gasteiger partial charge in [-0.1, -0.05) is 43.0 Å². The molecule has 2 rings (SSSR count). The third kappa shape index (κ3) is 4.11. The maximum atomic E-state index is 12.1. The molecule has 0 saturated heterocycles. The second kappa shape index (κ2) is 7.12. The van der Waals surface area contributed by atoms with Crippen molar-refractivity contribution in [2.75, 3.05) is 0 Å². The Morgan fingerprint density at radius 3 is 2.50 bits per heavy atom. The van der Waals surface area contributed by atoms with Gasteiger partial charge in [-0.3, -0.25) is 4.79 Å². The van der Waals surface area contributed by atoms with E-state index in [1.807, 2.05) is 6.07 Å². The van der Waals surface area contributed by atoms with Gasteiger partial charge in [0.1, 0.15) is 11.6 Å². The Bertz CT molecular complexity index is 537. The van der Waals surface area contributed by atoms with Crippen molar-refractivity contribution in [3.05, 3.63) is 40.4 Å². The molecule has 0 bridgehead atoms. The SMILES string of the molecule is N#C/C(=C/c1ccc(Cl)cc1)C(=O)NC1CCCCC1. The quantitative estimate of drug-likeness (QED) is 0.681. The minimum absolute atomic E-state index is 0.137. The van der Waals surface area contributed by atoms with Crippen molar-refractivity contribution in [2.24, 2.45) is 0 Å². The Morgan fingerprint density at radius 1 is 1.25 bits per heavy atom. The topological polar surface area (TPSA) is 52.9 Å². The van der Waals surface area contributed by atoms with Gasteiger partial charge in [0.15, 0.2) is 0 Å². The molecule has 0 atom stereocenters. The van der Waals surface area contributed by atoms with Crippen molar-refractivity contribution in [2.45, 2.75) is 38.1 Å². The van der Waals surface area contributed by atoms with Gasteiger partial charge in [-0.2, -0.15) is 5.26 Å². The first-order chi connectivity index (χ1) is 9.69. The number of hydrogen-bond donors (Lipinski definition) is 1. The third-order valence-corrected chi connectivity index (χ3v) is 3.74. The van der Waals surface area contributed by atoms with Gasteiger partial charge in [-0.25, -0.2) is 0 Å². The molecule has 4 heteroatoms. The molecular weight excluding hydrogens is 272 g/mol. The zero-order valence-electron chi connectivity index (χ0n) is 11.2.